The summed E-state index contributed by atoms with van der Waals surface area (Å²) in [5.74, 6) is -0.0571. The largest absolute Gasteiger partial charge is 0.363 e. The monoisotopic (exact) mass is 376 g/mol. The number of amides is 1. The van der Waals surface area contributed by atoms with Crippen LogP contribution in [-0.4, -0.2) is 12.5 Å². The van der Waals surface area contributed by atoms with E-state index >= 15 is 0 Å². The number of nitrogens with zero attached hydrogens (tertiary/aromatic N) is 1. The van der Waals surface area contributed by atoms with Crippen LogP contribution in [0.2, 0.25) is 5.02 Å². The van der Waals surface area contributed by atoms with Gasteiger partial charge in [0.05, 0.1) is 0 Å². The molecule has 0 fully saturated rings. The van der Waals surface area contributed by atoms with Gasteiger partial charge in [-0.05, 0) is 53.4 Å². The highest BCUT2D eigenvalue weighted by Gasteiger charge is 2.18. The molecule has 0 spiro atoms. The first kappa shape index (κ1) is 17.6. The van der Waals surface area contributed by atoms with E-state index in [9.17, 15) is 4.79 Å². The molecule has 0 aromatic heterocycles. The zero-order chi connectivity index (χ0) is 18.6. The molecule has 0 saturated heterocycles. The van der Waals surface area contributed by atoms with Gasteiger partial charge in [-0.2, -0.15) is 0 Å². The van der Waals surface area contributed by atoms with Gasteiger partial charge in [0.2, 0.25) is 0 Å². The van der Waals surface area contributed by atoms with Crippen molar-refractivity contribution >= 4 is 23.2 Å². The minimum Gasteiger partial charge on any atom is -0.363 e. The minimum atomic E-state index is -0.0571. The summed E-state index contributed by atoms with van der Waals surface area (Å²) < 4.78 is 0. The van der Waals surface area contributed by atoms with Gasteiger partial charge in [-0.1, -0.05) is 54.1 Å². The van der Waals surface area contributed by atoms with E-state index in [-0.39, 0.29) is 5.91 Å². The van der Waals surface area contributed by atoms with Crippen molar-refractivity contribution in [3.63, 3.8) is 0 Å². The van der Waals surface area contributed by atoms with E-state index in [4.69, 9.17) is 11.6 Å². The average molecular weight is 377 g/mol. The van der Waals surface area contributed by atoms with Crippen molar-refractivity contribution in [2.24, 2.45) is 0 Å². The van der Waals surface area contributed by atoms with Gasteiger partial charge in [0, 0.05) is 35.9 Å². The predicted octanol–water partition coefficient (Wildman–Crippen LogP) is 4.83. The maximum atomic E-state index is 12.4. The second kappa shape index (κ2) is 7.85. The summed E-state index contributed by atoms with van der Waals surface area (Å²) in [5.41, 5.74) is 5.61. The minimum absolute atomic E-state index is 0.0571. The third-order valence-electron chi connectivity index (χ3n) is 4.97. The molecule has 0 radical (unpaired) electrons. The van der Waals surface area contributed by atoms with E-state index in [0.717, 1.165) is 35.8 Å². The molecule has 4 heteroatoms. The highest BCUT2D eigenvalue weighted by molar-refractivity contribution is 6.31. The summed E-state index contributed by atoms with van der Waals surface area (Å²) in [4.78, 5) is 14.7. The van der Waals surface area contributed by atoms with Crippen LogP contribution >= 0.6 is 11.6 Å². The second-order valence-corrected chi connectivity index (χ2v) is 7.18. The van der Waals surface area contributed by atoms with E-state index < -0.39 is 0 Å². The molecule has 1 aliphatic rings. The fourth-order valence-corrected chi connectivity index (χ4v) is 3.68. The van der Waals surface area contributed by atoms with Crippen molar-refractivity contribution in [3.05, 3.63) is 100 Å². The van der Waals surface area contributed by atoms with Crippen molar-refractivity contribution in [2.45, 2.75) is 19.5 Å². The quantitative estimate of drug-likeness (QED) is 0.691. The molecule has 0 aliphatic carbocycles. The Bertz CT molecular complexity index is 928. The predicted molar refractivity (Wildman–Crippen MR) is 110 cm³/mol. The molecule has 0 saturated carbocycles. The number of benzene rings is 3. The van der Waals surface area contributed by atoms with Gasteiger partial charge in [0.15, 0.2) is 0 Å². The molecule has 1 N–H and O–H groups in total. The Morgan fingerprint density at radius 3 is 2.19 bits per heavy atom. The van der Waals surface area contributed by atoms with E-state index in [1.807, 2.05) is 48.5 Å². The van der Waals surface area contributed by atoms with Crippen molar-refractivity contribution in [1.82, 2.24) is 5.32 Å². The molecule has 1 aliphatic heterocycles. The average Bonchev–Trinajstić information content (AvgIpc) is 3.14. The van der Waals surface area contributed by atoms with Gasteiger partial charge < -0.3 is 10.2 Å². The fraction of sp³-hybridized carbons (Fsp3) is 0.174. The summed E-state index contributed by atoms with van der Waals surface area (Å²) >= 11 is 6.15. The molecule has 1 amide bonds. The van der Waals surface area contributed by atoms with Crippen LogP contribution < -0.4 is 10.2 Å². The number of anilines is 1. The van der Waals surface area contributed by atoms with Crippen molar-refractivity contribution < 1.29 is 4.79 Å². The van der Waals surface area contributed by atoms with E-state index in [0.29, 0.717) is 12.1 Å². The molecule has 0 atom stereocenters. The molecule has 27 heavy (non-hydrogen) atoms. The fourth-order valence-electron chi connectivity index (χ4n) is 3.45. The van der Waals surface area contributed by atoms with Gasteiger partial charge in [0.25, 0.3) is 5.91 Å². The third kappa shape index (κ3) is 3.99. The van der Waals surface area contributed by atoms with Crippen LogP contribution in [0.3, 0.4) is 0 Å². The molecule has 1 heterocycles. The first-order valence-corrected chi connectivity index (χ1v) is 9.52. The van der Waals surface area contributed by atoms with E-state index in [1.54, 1.807) is 0 Å². The lowest BCUT2D eigenvalue weighted by Gasteiger charge is -2.18. The number of carbonyl (C=O) groups is 1. The first-order chi connectivity index (χ1) is 13.2. The number of fused-ring (bicyclic) bond motifs is 1. The number of hydrogen-bond donors (Lipinski definition) is 1. The summed E-state index contributed by atoms with van der Waals surface area (Å²) in [6.07, 6.45) is 0.718. The number of carbonyl (C=O) groups excluding carboxylic acids is 1. The smallest absolute Gasteiger partial charge is 0.251 e. The first-order valence-electron chi connectivity index (χ1n) is 9.14. The topological polar surface area (TPSA) is 32.3 Å². The summed E-state index contributed by atoms with van der Waals surface area (Å²) in [6, 6.07) is 24.1. The molecule has 4 rings (SSSR count). The highest BCUT2D eigenvalue weighted by Crippen LogP contribution is 2.28. The van der Waals surface area contributed by atoms with Gasteiger partial charge in [0.1, 0.15) is 0 Å². The zero-order valence-corrected chi connectivity index (χ0v) is 15.7. The van der Waals surface area contributed by atoms with E-state index in [2.05, 4.69) is 34.5 Å². The van der Waals surface area contributed by atoms with Crippen molar-refractivity contribution in [2.75, 3.05) is 11.4 Å². The maximum Gasteiger partial charge on any atom is 0.251 e. The number of nitrogens with one attached hydrogen (secondary N) is 1. The Balaban J connectivity index is 1.34. The van der Waals surface area contributed by atoms with Crippen LogP contribution in [0.1, 0.15) is 27.0 Å². The van der Waals surface area contributed by atoms with Crippen LogP contribution in [-0.2, 0) is 19.5 Å². The van der Waals surface area contributed by atoms with E-state index in [1.165, 1.54) is 11.1 Å². The standard InChI is InChI=1S/C23H21ClN2O/c24-22-8-4-3-5-17(22)13-14-25-23(27)18-9-11-21(12-10-18)26-15-19-6-1-2-7-20(19)16-26/h1-12H,13-16H2,(H,25,27). The molecule has 0 bridgehead atoms. The molecular weight excluding hydrogens is 356 g/mol. The highest BCUT2D eigenvalue weighted by atomic mass is 35.5. The molecule has 0 unspecified atom stereocenters. The molecule has 3 nitrogen and oxygen atoms in total. The summed E-state index contributed by atoms with van der Waals surface area (Å²) in [6.45, 7) is 2.39. The SMILES string of the molecule is O=C(NCCc1ccccc1Cl)c1ccc(N2Cc3ccccc3C2)cc1. The normalized spacial score (nSPS) is 12.7. The number of hydrogen-bond acceptors (Lipinski definition) is 2. The van der Waals surface area contributed by atoms with Gasteiger partial charge in [-0.25, -0.2) is 0 Å². The van der Waals surface area contributed by atoms with Gasteiger partial charge in [-0.15, -0.1) is 0 Å². The third-order valence-corrected chi connectivity index (χ3v) is 5.34. The van der Waals surface area contributed by atoms with Crippen LogP contribution in [0.25, 0.3) is 0 Å². The van der Waals surface area contributed by atoms with Crippen LogP contribution in [0.4, 0.5) is 5.69 Å². The number of halogens is 1. The lowest BCUT2D eigenvalue weighted by atomic mass is 10.1. The Kier molecular flexibility index (Phi) is 5.12. The molecule has 3 aromatic rings. The van der Waals surface area contributed by atoms with Gasteiger partial charge in [-0.3, -0.25) is 4.79 Å². The zero-order valence-electron chi connectivity index (χ0n) is 15.0. The number of rotatable bonds is 5. The Morgan fingerprint density at radius 2 is 1.52 bits per heavy atom. The lowest BCUT2D eigenvalue weighted by molar-refractivity contribution is 0.0954. The molecule has 3 aromatic carbocycles. The molecule has 136 valence electrons. The van der Waals surface area contributed by atoms with Crippen molar-refractivity contribution in [3.8, 4) is 0 Å². The van der Waals surface area contributed by atoms with Crippen LogP contribution in [0, 0.1) is 0 Å². The Labute approximate surface area is 164 Å². The van der Waals surface area contributed by atoms with Gasteiger partial charge >= 0.3 is 0 Å². The molecular formula is C23H21ClN2O. The Morgan fingerprint density at radius 1 is 0.889 bits per heavy atom. The van der Waals surface area contributed by atoms with Crippen LogP contribution in [0.5, 0.6) is 0 Å². The lowest BCUT2D eigenvalue weighted by Crippen LogP contribution is -2.25. The summed E-state index contributed by atoms with van der Waals surface area (Å²) in [7, 11) is 0. The van der Waals surface area contributed by atoms with Crippen LogP contribution in [0.15, 0.2) is 72.8 Å². The van der Waals surface area contributed by atoms with Crippen molar-refractivity contribution in [1.29, 1.82) is 0 Å². The Hall–Kier alpha value is -2.78. The maximum absolute atomic E-state index is 12.4. The summed E-state index contributed by atoms with van der Waals surface area (Å²) in [5, 5.41) is 3.71. The second-order valence-electron chi connectivity index (χ2n) is 6.77.